The fraction of sp³-hybridized carbons (Fsp3) is 0.429. The number of sulfone groups is 1. The molecule has 0 radical (unpaired) electrons. The van der Waals surface area contributed by atoms with Gasteiger partial charge in [0.25, 0.3) is 11.9 Å². The second-order valence-electron chi connectivity index (χ2n) is 10.1. The summed E-state index contributed by atoms with van der Waals surface area (Å²) in [6.07, 6.45) is -3.31. The number of halogens is 5. The van der Waals surface area contributed by atoms with Crippen molar-refractivity contribution in [2.24, 2.45) is 0 Å². The zero-order valence-corrected chi connectivity index (χ0v) is 24.3. The van der Waals surface area contributed by atoms with Gasteiger partial charge in [0, 0.05) is 26.2 Å². The van der Waals surface area contributed by atoms with Crippen LogP contribution >= 0.6 is 0 Å². The van der Waals surface area contributed by atoms with Crippen LogP contribution in [0.1, 0.15) is 40.2 Å². The van der Waals surface area contributed by atoms with E-state index in [1.54, 1.807) is 4.90 Å². The minimum absolute atomic E-state index is 0.0260. The molecule has 240 valence electrons. The maximum Gasteiger partial charge on any atom is 0.416 e. The van der Waals surface area contributed by atoms with Crippen LogP contribution < -0.4 is 10.2 Å². The Morgan fingerprint density at radius 3 is 2.41 bits per heavy atom. The number of aliphatic hydroxyl groups is 1. The standard InChI is InChI=1S/C28H31F5N4O6S/c1-2-44(40,41)22-9-5-19(6-10-22)23(16-38)35-25(39)24-13-34-27(43-24)37-12-11-36(15-21(37)17-42-26(29)30)14-18-3-7-20(8-4-18)28(31,32)33/h3-10,13,21,23,26,38H,2,11-12,14-17H2,1H3,(H,35,39)/t21?,23-/m0/s1. The summed E-state index contributed by atoms with van der Waals surface area (Å²) in [5, 5.41) is 12.5. The van der Waals surface area contributed by atoms with Crippen molar-refractivity contribution < 1.29 is 49.4 Å². The van der Waals surface area contributed by atoms with E-state index in [1.165, 1.54) is 43.3 Å². The normalized spacial score (nSPS) is 17.2. The van der Waals surface area contributed by atoms with Gasteiger partial charge in [-0.1, -0.05) is 31.2 Å². The van der Waals surface area contributed by atoms with Crippen LogP contribution in [0.2, 0.25) is 0 Å². The number of anilines is 1. The lowest BCUT2D eigenvalue weighted by Gasteiger charge is -2.40. The fourth-order valence-corrected chi connectivity index (χ4v) is 5.62. The second-order valence-corrected chi connectivity index (χ2v) is 12.3. The first-order valence-corrected chi connectivity index (χ1v) is 15.2. The van der Waals surface area contributed by atoms with E-state index >= 15 is 0 Å². The maximum atomic E-state index is 12.9. The molecular formula is C28H31F5N4O6S. The van der Waals surface area contributed by atoms with Crippen molar-refractivity contribution in [3.05, 3.63) is 77.2 Å². The number of nitrogens with zero attached hydrogens (tertiary/aromatic N) is 3. The molecule has 10 nitrogen and oxygen atoms in total. The van der Waals surface area contributed by atoms with Crippen molar-refractivity contribution in [1.82, 2.24) is 15.2 Å². The van der Waals surface area contributed by atoms with Crippen LogP contribution in [0.5, 0.6) is 0 Å². The number of piperazine rings is 1. The van der Waals surface area contributed by atoms with Crippen molar-refractivity contribution in [3.8, 4) is 0 Å². The van der Waals surface area contributed by atoms with Crippen molar-refractivity contribution in [3.63, 3.8) is 0 Å². The largest absolute Gasteiger partial charge is 0.418 e. The summed E-state index contributed by atoms with van der Waals surface area (Å²) in [5.41, 5.74) is 0.280. The summed E-state index contributed by atoms with van der Waals surface area (Å²) >= 11 is 0. The van der Waals surface area contributed by atoms with Crippen LogP contribution in [-0.2, 0) is 27.3 Å². The summed E-state index contributed by atoms with van der Waals surface area (Å²) in [4.78, 5) is 20.6. The number of hydrogen-bond donors (Lipinski definition) is 2. The molecular weight excluding hydrogens is 615 g/mol. The van der Waals surface area contributed by atoms with Crippen LogP contribution in [0.3, 0.4) is 0 Å². The van der Waals surface area contributed by atoms with E-state index < -0.39 is 59.4 Å². The Bertz CT molecular complexity index is 1500. The van der Waals surface area contributed by atoms with Crippen LogP contribution in [0.4, 0.5) is 28.0 Å². The Morgan fingerprint density at radius 1 is 1.14 bits per heavy atom. The molecule has 1 fully saturated rings. The highest BCUT2D eigenvalue weighted by Gasteiger charge is 2.33. The smallest absolute Gasteiger partial charge is 0.416 e. The minimum atomic E-state index is -4.46. The summed E-state index contributed by atoms with van der Waals surface area (Å²) in [6, 6.07) is 8.80. The quantitative estimate of drug-likeness (QED) is 0.282. The molecule has 2 aromatic carbocycles. The maximum absolute atomic E-state index is 12.9. The summed E-state index contributed by atoms with van der Waals surface area (Å²) in [6.45, 7) is -1.37. The van der Waals surface area contributed by atoms with E-state index in [2.05, 4.69) is 15.0 Å². The molecule has 1 amide bonds. The molecule has 16 heteroatoms. The van der Waals surface area contributed by atoms with Gasteiger partial charge in [-0.15, -0.1) is 0 Å². The van der Waals surface area contributed by atoms with Crippen LogP contribution in [0.25, 0.3) is 0 Å². The lowest BCUT2D eigenvalue weighted by molar-refractivity contribution is -0.137. The molecule has 44 heavy (non-hydrogen) atoms. The monoisotopic (exact) mass is 646 g/mol. The number of aliphatic hydroxyl groups excluding tert-OH is 1. The number of hydrogen-bond acceptors (Lipinski definition) is 9. The number of oxazole rings is 1. The number of carbonyl (C=O) groups is 1. The Morgan fingerprint density at radius 2 is 1.82 bits per heavy atom. The third-order valence-corrected chi connectivity index (χ3v) is 8.89. The third kappa shape index (κ3) is 8.31. The molecule has 2 N–H and O–H groups in total. The van der Waals surface area contributed by atoms with E-state index in [0.717, 1.165) is 18.3 Å². The van der Waals surface area contributed by atoms with E-state index in [9.17, 15) is 40.3 Å². The van der Waals surface area contributed by atoms with Gasteiger partial charge in [0.2, 0.25) is 5.76 Å². The van der Waals surface area contributed by atoms with E-state index in [1.807, 2.05) is 4.90 Å². The van der Waals surface area contributed by atoms with Crippen LogP contribution in [0.15, 0.2) is 64.0 Å². The number of nitrogens with one attached hydrogen (secondary N) is 1. The SMILES string of the molecule is CCS(=O)(=O)c1ccc([C@H](CO)NC(=O)c2cnc(N3CCN(Cc4ccc(C(F)(F)F)cc4)CC3COC(F)F)o2)cc1. The highest BCUT2D eigenvalue weighted by Crippen LogP contribution is 2.30. The van der Waals surface area contributed by atoms with Crippen LogP contribution in [-0.4, -0.2) is 80.6 Å². The highest BCUT2D eigenvalue weighted by atomic mass is 32.2. The Kier molecular flexibility index (Phi) is 10.6. The number of aromatic nitrogens is 1. The van der Waals surface area contributed by atoms with Gasteiger partial charge < -0.3 is 24.5 Å². The summed E-state index contributed by atoms with van der Waals surface area (Å²) in [5.74, 6) is -1.03. The van der Waals surface area contributed by atoms with Crippen molar-refractivity contribution >= 4 is 21.8 Å². The predicted molar refractivity (Wildman–Crippen MR) is 148 cm³/mol. The molecule has 2 atom stereocenters. The van der Waals surface area contributed by atoms with Gasteiger partial charge >= 0.3 is 12.8 Å². The number of alkyl halides is 5. The first kappa shape index (κ1) is 33.3. The van der Waals surface area contributed by atoms with Crippen LogP contribution in [0, 0.1) is 0 Å². The van der Waals surface area contributed by atoms with Gasteiger partial charge in [-0.3, -0.25) is 9.69 Å². The topological polar surface area (TPSA) is 125 Å². The molecule has 1 aliphatic rings. The van der Waals surface area contributed by atoms with Gasteiger partial charge in [0.15, 0.2) is 9.84 Å². The average Bonchev–Trinajstić information content (AvgIpc) is 3.49. The minimum Gasteiger partial charge on any atom is -0.418 e. The summed E-state index contributed by atoms with van der Waals surface area (Å²) < 4.78 is 98.8. The fourth-order valence-electron chi connectivity index (χ4n) is 4.74. The molecule has 2 heterocycles. The number of ether oxygens (including phenoxy) is 1. The van der Waals surface area contributed by atoms with Crippen molar-refractivity contribution in [2.45, 2.75) is 43.2 Å². The molecule has 0 saturated carbocycles. The van der Waals surface area contributed by atoms with Gasteiger partial charge in [-0.2, -0.15) is 22.0 Å². The molecule has 1 aromatic heterocycles. The number of amides is 1. The molecule has 0 aliphatic carbocycles. The molecule has 1 saturated heterocycles. The third-order valence-electron chi connectivity index (χ3n) is 7.14. The molecule has 0 bridgehead atoms. The molecule has 3 aromatic rings. The first-order chi connectivity index (χ1) is 20.8. The zero-order chi connectivity index (χ0) is 32.1. The Labute approximate surface area is 250 Å². The number of carbonyl (C=O) groups excluding carboxylic acids is 1. The van der Waals surface area contributed by atoms with Crippen molar-refractivity contribution in [1.29, 1.82) is 0 Å². The highest BCUT2D eigenvalue weighted by molar-refractivity contribution is 7.91. The molecule has 1 aliphatic heterocycles. The number of benzene rings is 2. The first-order valence-electron chi connectivity index (χ1n) is 13.6. The predicted octanol–water partition coefficient (Wildman–Crippen LogP) is 3.88. The van der Waals surface area contributed by atoms with E-state index in [4.69, 9.17) is 4.42 Å². The van der Waals surface area contributed by atoms with Gasteiger partial charge in [-0.25, -0.2) is 13.4 Å². The zero-order valence-electron chi connectivity index (χ0n) is 23.5. The lowest BCUT2D eigenvalue weighted by Crippen LogP contribution is -2.55. The number of rotatable bonds is 12. The van der Waals surface area contributed by atoms with Gasteiger partial charge in [0.05, 0.1) is 47.7 Å². The molecule has 1 unspecified atom stereocenters. The molecule has 4 rings (SSSR count). The Balaban J connectivity index is 1.43. The van der Waals surface area contributed by atoms with E-state index in [-0.39, 0.29) is 42.1 Å². The van der Waals surface area contributed by atoms with Crippen molar-refractivity contribution in [2.75, 3.05) is 43.5 Å². The van der Waals surface area contributed by atoms with Gasteiger partial charge in [0.1, 0.15) is 0 Å². The van der Waals surface area contributed by atoms with Gasteiger partial charge in [-0.05, 0) is 35.4 Å². The lowest BCUT2D eigenvalue weighted by atomic mass is 10.1. The Hall–Kier alpha value is -3.60. The molecule has 0 spiro atoms. The second kappa shape index (κ2) is 14.0. The summed E-state index contributed by atoms with van der Waals surface area (Å²) in [7, 11) is -3.43. The average molecular weight is 647 g/mol. The van der Waals surface area contributed by atoms with E-state index in [0.29, 0.717) is 17.7 Å².